The number of amides is 1. The third-order valence-corrected chi connectivity index (χ3v) is 3.75. The first-order valence-electron chi connectivity index (χ1n) is 5.69. The zero-order valence-corrected chi connectivity index (χ0v) is 8.83. The Balaban J connectivity index is 2.04. The SMILES string of the molecule is CC(=O)NC1C2CCCC1CC(N)C2. The number of rotatable bonds is 1. The van der Waals surface area contributed by atoms with Crippen molar-refractivity contribution in [3.8, 4) is 0 Å². The van der Waals surface area contributed by atoms with E-state index in [9.17, 15) is 4.79 Å². The van der Waals surface area contributed by atoms with Gasteiger partial charge in [0.05, 0.1) is 0 Å². The lowest BCUT2D eigenvalue weighted by Crippen LogP contribution is -2.53. The Bertz CT molecular complexity index is 215. The molecular weight excluding hydrogens is 176 g/mol. The fraction of sp³-hybridized carbons (Fsp3) is 0.909. The van der Waals surface area contributed by atoms with Crippen LogP contribution in [0.1, 0.15) is 39.0 Å². The highest BCUT2D eigenvalue weighted by atomic mass is 16.1. The van der Waals surface area contributed by atoms with Gasteiger partial charge in [-0.2, -0.15) is 0 Å². The third kappa shape index (κ3) is 1.92. The lowest BCUT2D eigenvalue weighted by molar-refractivity contribution is -0.121. The molecule has 0 aromatic rings. The maximum absolute atomic E-state index is 11.1. The van der Waals surface area contributed by atoms with Crippen LogP contribution in [0.15, 0.2) is 0 Å². The lowest BCUT2D eigenvalue weighted by atomic mass is 9.67. The average molecular weight is 196 g/mol. The number of nitrogens with two attached hydrogens (primary N) is 1. The summed E-state index contributed by atoms with van der Waals surface area (Å²) >= 11 is 0. The summed E-state index contributed by atoms with van der Waals surface area (Å²) in [6.45, 7) is 1.62. The van der Waals surface area contributed by atoms with E-state index in [1.165, 1.54) is 19.3 Å². The molecule has 2 saturated carbocycles. The highest BCUT2D eigenvalue weighted by molar-refractivity contribution is 5.73. The minimum atomic E-state index is 0.113. The van der Waals surface area contributed by atoms with Gasteiger partial charge in [-0.1, -0.05) is 6.42 Å². The van der Waals surface area contributed by atoms with E-state index >= 15 is 0 Å². The zero-order valence-electron chi connectivity index (χ0n) is 8.83. The summed E-state index contributed by atoms with van der Waals surface area (Å²) in [5.74, 6) is 1.39. The second-order valence-corrected chi connectivity index (χ2v) is 4.91. The minimum absolute atomic E-state index is 0.113. The molecule has 0 aromatic carbocycles. The molecule has 2 aliphatic carbocycles. The van der Waals surface area contributed by atoms with Gasteiger partial charge < -0.3 is 11.1 Å². The Kier molecular flexibility index (Phi) is 2.77. The Hall–Kier alpha value is -0.570. The molecule has 3 N–H and O–H groups in total. The molecule has 14 heavy (non-hydrogen) atoms. The van der Waals surface area contributed by atoms with Crippen molar-refractivity contribution < 1.29 is 4.79 Å². The number of carbonyl (C=O) groups excluding carboxylic acids is 1. The summed E-state index contributed by atoms with van der Waals surface area (Å²) in [5.41, 5.74) is 6.01. The van der Waals surface area contributed by atoms with Gasteiger partial charge >= 0.3 is 0 Å². The van der Waals surface area contributed by atoms with E-state index in [0.717, 1.165) is 12.8 Å². The van der Waals surface area contributed by atoms with Crippen molar-refractivity contribution in [2.24, 2.45) is 17.6 Å². The number of fused-ring (bicyclic) bond motifs is 2. The van der Waals surface area contributed by atoms with Crippen LogP contribution in [0.2, 0.25) is 0 Å². The van der Waals surface area contributed by atoms with Crippen LogP contribution in [0, 0.1) is 11.8 Å². The Morgan fingerprint density at radius 3 is 2.36 bits per heavy atom. The Morgan fingerprint density at radius 2 is 1.86 bits per heavy atom. The van der Waals surface area contributed by atoms with Crippen molar-refractivity contribution >= 4 is 5.91 Å². The first kappa shape index (κ1) is 9.97. The molecule has 0 spiro atoms. The quantitative estimate of drug-likeness (QED) is 0.658. The highest BCUT2D eigenvalue weighted by Crippen LogP contribution is 2.39. The molecule has 80 valence electrons. The summed E-state index contributed by atoms with van der Waals surface area (Å²) in [7, 11) is 0. The molecule has 0 aromatic heterocycles. The molecule has 3 heteroatoms. The normalized spacial score (nSPS) is 41.9. The topological polar surface area (TPSA) is 55.1 Å². The van der Waals surface area contributed by atoms with Crippen molar-refractivity contribution in [1.82, 2.24) is 5.32 Å². The number of carbonyl (C=O) groups is 1. The highest BCUT2D eigenvalue weighted by Gasteiger charge is 2.39. The fourth-order valence-corrected chi connectivity index (χ4v) is 3.26. The van der Waals surface area contributed by atoms with Crippen LogP contribution in [0.3, 0.4) is 0 Å². The molecule has 2 bridgehead atoms. The molecule has 2 unspecified atom stereocenters. The molecule has 0 heterocycles. The third-order valence-electron chi connectivity index (χ3n) is 3.75. The van der Waals surface area contributed by atoms with Crippen molar-refractivity contribution in [1.29, 1.82) is 0 Å². The first-order valence-corrected chi connectivity index (χ1v) is 5.69. The Morgan fingerprint density at radius 1 is 1.29 bits per heavy atom. The minimum Gasteiger partial charge on any atom is -0.353 e. The number of hydrogen-bond donors (Lipinski definition) is 2. The summed E-state index contributed by atoms with van der Waals surface area (Å²) < 4.78 is 0. The summed E-state index contributed by atoms with van der Waals surface area (Å²) in [4.78, 5) is 11.1. The molecular formula is C11H20N2O. The largest absolute Gasteiger partial charge is 0.353 e. The van der Waals surface area contributed by atoms with Gasteiger partial charge in [-0.05, 0) is 37.5 Å². The van der Waals surface area contributed by atoms with Crippen LogP contribution in [0.5, 0.6) is 0 Å². The van der Waals surface area contributed by atoms with Gasteiger partial charge in [0, 0.05) is 19.0 Å². The first-order chi connectivity index (χ1) is 6.66. The number of nitrogens with one attached hydrogen (secondary N) is 1. The van der Waals surface area contributed by atoms with E-state index in [1.807, 2.05) is 0 Å². The monoisotopic (exact) mass is 196 g/mol. The maximum atomic E-state index is 11.1. The predicted octanol–water partition coefficient (Wildman–Crippen LogP) is 1.03. The van der Waals surface area contributed by atoms with Gasteiger partial charge in [0.1, 0.15) is 0 Å². The standard InChI is InChI=1S/C11H20N2O/c1-7(14)13-11-8-3-2-4-9(11)6-10(12)5-8/h8-11H,2-6,12H2,1H3,(H,13,14). The van der Waals surface area contributed by atoms with Gasteiger partial charge in [0.25, 0.3) is 0 Å². The van der Waals surface area contributed by atoms with Gasteiger partial charge in [-0.15, -0.1) is 0 Å². The van der Waals surface area contributed by atoms with Crippen LogP contribution < -0.4 is 11.1 Å². The fourth-order valence-electron chi connectivity index (χ4n) is 3.26. The lowest BCUT2D eigenvalue weighted by Gasteiger charge is -2.45. The second-order valence-electron chi connectivity index (χ2n) is 4.91. The second kappa shape index (κ2) is 3.89. The molecule has 2 fully saturated rings. The molecule has 3 nitrogen and oxygen atoms in total. The molecule has 1 amide bonds. The molecule has 2 rings (SSSR count). The smallest absolute Gasteiger partial charge is 0.217 e. The van der Waals surface area contributed by atoms with Gasteiger partial charge in [-0.3, -0.25) is 4.79 Å². The predicted molar refractivity (Wildman–Crippen MR) is 55.6 cm³/mol. The van der Waals surface area contributed by atoms with E-state index in [-0.39, 0.29) is 5.91 Å². The zero-order chi connectivity index (χ0) is 10.1. The van der Waals surface area contributed by atoms with Crippen LogP contribution >= 0.6 is 0 Å². The molecule has 0 saturated heterocycles. The van der Waals surface area contributed by atoms with Gasteiger partial charge in [-0.25, -0.2) is 0 Å². The molecule has 0 radical (unpaired) electrons. The van der Waals surface area contributed by atoms with E-state index < -0.39 is 0 Å². The van der Waals surface area contributed by atoms with Crippen LogP contribution in [0.4, 0.5) is 0 Å². The van der Waals surface area contributed by atoms with Gasteiger partial charge in [0.2, 0.25) is 5.91 Å². The van der Waals surface area contributed by atoms with E-state index in [4.69, 9.17) is 5.73 Å². The van der Waals surface area contributed by atoms with Gasteiger partial charge in [0.15, 0.2) is 0 Å². The Labute approximate surface area is 85.4 Å². The van der Waals surface area contributed by atoms with Crippen LogP contribution in [-0.2, 0) is 4.79 Å². The van der Waals surface area contributed by atoms with Crippen LogP contribution in [0.25, 0.3) is 0 Å². The average Bonchev–Trinajstić information content (AvgIpc) is 2.05. The van der Waals surface area contributed by atoms with E-state index in [0.29, 0.717) is 23.9 Å². The maximum Gasteiger partial charge on any atom is 0.217 e. The molecule has 2 aliphatic rings. The van der Waals surface area contributed by atoms with E-state index in [2.05, 4.69) is 5.32 Å². The van der Waals surface area contributed by atoms with E-state index in [1.54, 1.807) is 6.92 Å². The summed E-state index contributed by atoms with van der Waals surface area (Å²) in [6, 6.07) is 0.788. The summed E-state index contributed by atoms with van der Waals surface area (Å²) in [6.07, 6.45) is 6.01. The van der Waals surface area contributed by atoms with Crippen molar-refractivity contribution in [3.63, 3.8) is 0 Å². The van der Waals surface area contributed by atoms with Crippen molar-refractivity contribution in [2.75, 3.05) is 0 Å². The number of hydrogen-bond acceptors (Lipinski definition) is 2. The molecule has 0 aliphatic heterocycles. The van der Waals surface area contributed by atoms with Crippen molar-refractivity contribution in [3.05, 3.63) is 0 Å². The van der Waals surface area contributed by atoms with Crippen LogP contribution in [-0.4, -0.2) is 18.0 Å². The molecule has 2 atom stereocenters. The van der Waals surface area contributed by atoms with Crippen molar-refractivity contribution in [2.45, 2.75) is 51.1 Å². The summed E-state index contributed by atoms with van der Waals surface area (Å²) in [5, 5.41) is 3.11.